The van der Waals surface area contributed by atoms with Crippen LogP contribution in [-0.4, -0.2) is 56.1 Å². The van der Waals surface area contributed by atoms with E-state index in [1.165, 1.54) is 16.4 Å². The van der Waals surface area contributed by atoms with Gasteiger partial charge in [0.1, 0.15) is 0 Å². The molecule has 2 saturated heterocycles. The molecule has 2 N–H and O–H groups in total. The zero-order chi connectivity index (χ0) is 15.0. The average Bonchev–Trinajstić information content (AvgIpc) is 2.47. The minimum atomic E-state index is -3.51. The molecule has 0 amide bonds. The van der Waals surface area contributed by atoms with E-state index in [0.717, 1.165) is 0 Å². The van der Waals surface area contributed by atoms with Gasteiger partial charge in [-0.1, -0.05) is 11.6 Å². The van der Waals surface area contributed by atoms with Gasteiger partial charge >= 0.3 is 0 Å². The van der Waals surface area contributed by atoms with Crippen LogP contribution in [0.5, 0.6) is 0 Å². The lowest BCUT2D eigenvalue weighted by Crippen LogP contribution is -2.61. The van der Waals surface area contributed by atoms with E-state index in [1.807, 2.05) is 0 Å². The highest BCUT2D eigenvalue weighted by Gasteiger charge is 2.39. The number of fused-ring (bicyclic) bond motifs is 1. The summed E-state index contributed by atoms with van der Waals surface area (Å²) in [4.78, 5) is 0.255. The number of nitrogens with zero attached hydrogens (tertiary/aromatic N) is 2. The zero-order valence-electron chi connectivity index (χ0n) is 11.5. The molecule has 1 aromatic carbocycles. The Morgan fingerprint density at radius 1 is 1.24 bits per heavy atom. The molecular weight excluding hydrogens is 314 g/mol. The molecule has 0 aromatic heterocycles. The van der Waals surface area contributed by atoms with Crippen LogP contribution in [-0.2, 0) is 14.8 Å². The molecule has 2 atom stereocenters. The van der Waals surface area contributed by atoms with E-state index >= 15 is 0 Å². The van der Waals surface area contributed by atoms with E-state index in [4.69, 9.17) is 22.2 Å². The van der Waals surface area contributed by atoms with Crippen molar-refractivity contribution in [1.29, 1.82) is 0 Å². The molecule has 0 spiro atoms. The summed E-state index contributed by atoms with van der Waals surface area (Å²) < 4.78 is 32.4. The van der Waals surface area contributed by atoms with Crippen LogP contribution < -0.4 is 5.84 Å². The summed E-state index contributed by atoms with van der Waals surface area (Å²) in [6.45, 7) is 2.00. The smallest absolute Gasteiger partial charge is 0.243 e. The molecule has 2 heterocycles. The van der Waals surface area contributed by atoms with Crippen molar-refractivity contribution in [3.8, 4) is 0 Å². The van der Waals surface area contributed by atoms with Gasteiger partial charge in [-0.15, -0.1) is 0 Å². The van der Waals surface area contributed by atoms with E-state index in [0.29, 0.717) is 37.7 Å². The van der Waals surface area contributed by atoms with E-state index in [2.05, 4.69) is 0 Å². The van der Waals surface area contributed by atoms with Gasteiger partial charge in [-0.2, -0.15) is 4.31 Å². The molecule has 116 valence electrons. The zero-order valence-corrected chi connectivity index (χ0v) is 13.1. The first-order valence-electron chi connectivity index (χ1n) is 6.87. The second-order valence-electron chi connectivity index (χ2n) is 5.32. The molecule has 3 rings (SSSR count). The fourth-order valence-corrected chi connectivity index (χ4v) is 4.46. The van der Waals surface area contributed by atoms with E-state index < -0.39 is 10.0 Å². The number of ether oxygens (including phenoxy) is 1. The van der Waals surface area contributed by atoms with Crippen LogP contribution in [0.15, 0.2) is 29.2 Å². The van der Waals surface area contributed by atoms with Crippen molar-refractivity contribution >= 4 is 21.6 Å². The lowest BCUT2D eigenvalue weighted by Gasteiger charge is -2.44. The first-order chi connectivity index (χ1) is 9.98. The van der Waals surface area contributed by atoms with Crippen LogP contribution in [0, 0.1) is 0 Å². The molecule has 1 aromatic rings. The predicted molar refractivity (Wildman–Crippen MR) is 79.2 cm³/mol. The Bertz CT molecular complexity index is 608. The quantitative estimate of drug-likeness (QED) is 0.806. The number of benzene rings is 1. The Balaban J connectivity index is 1.79. The van der Waals surface area contributed by atoms with Crippen molar-refractivity contribution in [2.45, 2.75) is 23.5 Å². The highest BCUT2D eigenvalue weighted by molar-refractivity contribution is 7.89. The van der Waals surface area contributed by atoms with Gasteiger partial charge in [0.05, 0.1) is 23.6 Å². The molecule has 6 nitrogen and oxygen atoms in total. The van der Waals surface area contributed by atoms with Crippen molar-refractivity contribution < 1.29 is 13.2 Å². The van der Waals surface area contributed by atoms with Crippen molar-refractivity contribution in [2.75, 3.05) is 26.2 Å². The summed E-state index contributed by atoms with van der Waals surface area (Å²) in [7, 11) is -3.51. The Kier molecular flexibility index (Phi) is 4.22. The maximum absolute atomic E-state index is 12.6. The second-order valence-corrected chi connectivity index (χ2v) is 7.69. The lowest BCUT2D eigenvalue weighted by atomic mass is 10.0. The number of hydrogen-bond acceptors (Lipinski definition) is 5. The number of morpholine rings is 1. The standard InChI is InChI=1S/C13H18ClN3O3S/c14-10-1-3-11(4-2-10)21(18,19)16-6-5-12-13(9-16)20-8-7-17(12)15/h1-4,12-13H,5-9,15H2. The maximum atomic E-state index is 12.6. The van der Waals surface area contributed by atoms with Gasteiger partial charge in [-0.3, -0.25) is 5.84 Å². The minimum absolute atomic E-state index is 0.0930. The summed E-state index contributed by atoms with van der Waals surface area (Å²) in [6, 6.07) is 6.32. The Labute approximate surface area is 129 Å². The first-order valence-corrected chi connectivity index (χ1v) is 8.69. The van der Waals surface area contributed by atoms with Gasteiger partial charge in [-0.05, 0) is 30.7 Å². The minimum Gasteiger partial charge on any atom is -0.374 e. The maximum Gasteiger partial charge on any atom is 0.243 e. The summed E-state index contributed by atoms with van der Waals surface area (Å²) in [6.07, 6.45) is 0.508. The monoisotopic (exact) mass is 331 g/mol. The molecule has 2 aliphatic heterocycles. The van der Waals surface area contributed by atoms with Gasteiger partial charge in [0, 0.05) is 24.7 Å². The summed E-state index contributed by atoms with van der Waals surface area (Å²) >= 11 is 5.81. The molecular formula is C13H18ClN3O3S. The normalized spacial score (nSPS) is 28.3. The summed E-state index contributed by atoms with van der Waals surface area (Å²) in [5.74, 6) is 5.94. The fourth-order valence-electron chi connectivity index (χ4n) is 2.87. The van der Waals surface area contributed by atoms with Crippen molar-refractivity contribution in [3.63, 3.8) is 0 Å². The van der Waals surface area contributed by atoms with Gasteiger partial charge in [0.25, 0.3) is 0 Å². The van der Waals surface area contributed by atoms with Crippen LogP contribution in [0.2, 0.25) is 5.02 Å². The fraction of sp³-hybridized carbons (Fsp3) is 0.538. The molecule has 8 heteroatoms. The number of hydrogen-bond donors (Lipinski definition) is 1. The molecule has 2 fully saturated rings. The number of rotatable bonds is 2. The van der Waals surface area contributed by atoms with Crippen LogP contribution in [0.4, 0.5) is 0 Å². The molecule has 0 radical (unpaired) electrons. The van der Waals surface area contributed by atoms with Gasteiger partial charge in [0.2, 0.25) is 10.0 Å². The molecule has 0 bridgehead atoms. The lowest BCUT2D eigenvalue weighted by molar-refractivity contribution is -0.0938. The van der Waals surface area contributed by atoms with Gasteiger partial charge in [0.15, 0.2) is 0 Å². The molecule has 0 aliphatic carbocycles. The van der Waals surface area contributed by atoms with Gasteiger partial charge < -0.3 is 4.74 Å². The number of piperidine rings is 1. The number of hydrazine groups is 1. The van der Waals surface area contributed by atoms with Crippen molar-refractivity contribution in [3.05, 3.63) is 29.3 Å². The Morgan fingerprint density at radius 2 is 1.95 bits per heavy atom. The number of nitrogens with two attached hydrogens (primary N) is 1. The Hall–Kier alpha value is -0.700. The van der Waals surface area contributed by atoms with Crippen LogP contribution >= 0.6 is 11.6 Å². The summed E-state index contributed by atoms with van der Waals surface area (Å²) in [5.41, 5.74) is 0. The molecule has 2 unspecified atom stereocenters. The predicted octanol–water partition coefficient (Wildman–Crippen LogP) is 0.677. The number of halogens is 1. The highest BCUT2D eigenvalue weighted by Crippen LogP contribution is 2.26. The SMILES string of the molecule is NN1CCOC2CN(S(=O)(=O)c3ccc(Cl)cc3)CCC21. The largest absolute Gasteiger partial charge is 0.374 e. The second kappa shape index (κ2) is 5.83. The molecule has 21 heavy (non-hydrogen) atoms. The van der Waals surface area contributed by atoms with E-state index in [1.54, 1.807) is 17.1 Å². The molecule has 2 aliphatic rings. The third-order valence-corrected chi connectivity index (χ3v) is 6.18. The van der Waals surface area contributed by atoms with Crippen molar-refractivity contribution in [1.82, 2.24) is 9.31 Å². The van der Waals surface area contributed by atoms with Gasteiger partial charge in [-0.25, -0.2) is 13.4 Å². The Morgan fingerprint density at radius 3 is 2.67 bits per heavy atom. The van der Waals surface area contributed by atoms with E-state index in [9.17, 15) is 8.42 Å². The first kappa shape index (κ1) is 15.2. The van der Waals surface area contributed by atoms with Crippen LogP contribution in [0.25, 0.3) is 0 Å². The topological polar surface area (TPSA) is 75.9 Å². The third-order valence-electron chi connectivity index (χ3n) is 4.05. The van der Waals surface area contributed by atoms with Crippen molar-refractivity contribution in [2.24, 2.45) is 5.84 Å². The molecule has 0 saturated carbocycles. The summed E-state index contributed by atoms with van der Waals surface area (Å²) in [5, 5.41) is 2.28. The van der Waals surface area contributed by atoms with Crippen LogP contribution in [0.1, 0.15) is 6.42 Å². The third kappa shape index (κ3) is 2.94. The van der Waals surface area contributed by atoms with Crippen LogP contribution in [0.3, 0.4) is 0 Å². The average molecular weight is 332 g/mol. The highest BCUT2D eigenvalue weighted by atomic mass is 35.5. The number of sulfonamides is 1. The van der Waals surface area contributed by atoms with E-state index in [-0.39, 0.29) is 17.0 Å².